The van der Waals surface area contributed by atoms with Gasteiger partial charge in [-0.1, -0.05) is 24.3 Å². The minimum Gasteiger partial charge on any atom is -0.370 e. The molecule has 0 unspecified atom stereocenters. The molecule has 1 spiro atoms. The molecule has 1 aromatic rings. The SMILES string of the molecule is C=CCN1C(=O)[C@@H]2[C@H](CCC(N)=O)N[C@@]3(C(=O)Nc4ccccc43)[C@H]2C1=O. The maximum Gasteiger partial charge on any atom is 0.250 e. The van der Waals surface area contributed by atoms with E-state index in [1.165, 1.54) is 6.08 Å². The first kappa shape index (κ1) is 17.4. The summed E-state index contributed by atoms with van der Waals surface area (Å²) in [7, 11) is 0. The summed E-state index contributed by atoms with van der Waals surface area (Å²) in [5, 5.41) is 6.05. The second-order valence-electron chi connectivity index (χ2n) is 7.14. The number of likely N-dealkylation sites (tertiary alicyclic amines) is 1. The van der Waals surface area contributed by atoms with Crippen molar-refractivity contribution < 1.29 is 19.2 Å². The van der Waals surface area contributed by atoms with Crippen LogP contribution < -0.4 is 16.4 Å². The van der Waals surface area contributed by atoms with Crippen LogP contribution in [0.4, 0.5) is 5.69 Å². The number of amides is 4. The van der Waals surface area contributed by atoms with Gasteiger partial charge in [0, 0.05) is 30.3 Å². The van der Waals surface area contributed by atoms with Gasteiger partial charge in [-0.3, -0.25) is 29.4 Å². The van der Waals surface area contributed by atoms with Gasteiger partial charge >= 0.3 is 0 Å². The molecule has 4 atom stereocenters. The number of primary amides is 1. The van der Waals surface area contributed by atoms with E-state index in [4.69, 9.17) is 5.73 Å². The molecule has 0 bridgehead atoms. The Balaban J connectivity index is 1.83. The fourth-order valence-electron chi connectivity index (χ4n) is 4.67. The van der Waals surface area contributed by atoms with Crippen LogP contribution >= 0.6 is 0 Å². The summed E-state index contributed by atoms with van der Waals surface area (Å²) >= 11 is 0. The lowest BCUT2D eigenvalue weighted by Crippen LogP contribution is -2.53. The van der Waals surface area contributed by atoms with E-state index in [1.807, 2.05) is 0 Å². The molecule has 2 fully saturated rings. The molecule has 3 aliphatic heterocycles. The Morgan fingerprint density at radius 1 is 1.26 bits per heavy atom. The van der Waals surface area contributed by atoms with E-state index in [1.54, 1.807) is 24.3 Å². The fourth-order valence-corrected chi connectivity index (χ4v) is 4.67. The van der Waals surface area contributed by atoms with Gasteiger partial charge in [0.15, 0.2) is 0 Å². The van der Waals surface area contributed by atoms with E-state index >= 15 is 0 Å². The zero-order chi connectivity index (χ0) is 19.3. The molecule has 1 aromatic carbocycles. The molecule has 2 saturated heterocycles. The fraction of sp³-hybridized carbons (Fsp3) is 0.368. The predicted molar refractivity (Wildman–Crippen MR) is 96.0 cm³/mol. The Kier molecular flexibility index (Phi) is 3.88. The third kappa shape index (κ3) is 2.26. The van der Waals surface area contributed by atoms with Crippen molar-refractivity contribution in [3.63, 3.8) is 0 Å². The van der Waals surface area contributed by atoms with Crippen molar-refractivity contribution in [3.8, 4) is 0 Å². The zero-order valence-corrected chi connectivity index (χ0v) is 14.6. The van der Waals surface area contributed by atoms with Crippen LogP contribution in [0.3, 0.4) is 0 Å². The van der Waals surface area contributed by atoms with Gasteiger partial charge in [0.2, 0.25) is 23.6 Å². The van der Waals surface area contributed by atoms with Crippen molar-refractivity contribution in [3.05, 3.63) is 42.5 Å². The summed E-state index contributed by atoms with van der Waals surface area (Å²) in [5.41, 5.74) is 5.21. The lowest BCUT2D eigenvalue weighted by atomic mass is 9.76. The molecule has 3 heterocycles. The van der Waals surface area contributed by atoms with Gasteiger partial charge < -0.3 is 11.1 Å². The summed E-state index contributed by atoms with van der Waals surface area (Å²) in [6.45, 7) is 3.69. The van der Waals surface area contributed by atoms with E-state index < -0.39 is 35.2 Å². The van der Waals surface area contributed by atoms with Crippen molar-refractivity contribution in [2.24, 2.45) is 17.6 Å². The first-order chi connectivity index (χ1) is 12.9. The molecule has 0 radical (unpaired) electrons. The van der Waals surface area contributed by atoms with Gasteiger partial charge in [-0.25, -0.2) is 0 Å². The number of carbonyl (C=O) groups is 4. The number of para-hydroxylation sites is 1. The molecular formula is C19H20N4O4. The third-order valence-corrected chi connectivity index (χ3v) is 5.73. The maximum absolute atomic E-state index is 13.1. The number of nitrogens with two attached hydrogens (primary N) is 1. The Labute approximate surface area is 155 Å². The molecule has 4 rings (SSSR count). The largest absolute Gasteiger partial charge is 0.370 e. The van der Waals surface area contributed by atoms with Crippen LogP contribution in [0.5, 0.6) is 0 Å². The van der Waals surface area contributed by atoms with Crippen LogP contribution in [0, 0.1) is 11.8 Å². The number of benzene rings is 1. The minimum absolute atomic E-state index is 0.0587. The average Bonchev–Trinajstić information content (AvgIpc) is 3.21. The highest BCUT2D eigenvalue weighted by Gasteiger charge is 2.70. The normalized spacial score (nSPS) is 31.2. The Bertz CT molecular complexity index is 882. The maximum atomic E-state index is 13.1. The van der Waals surface area contributed by atoms with Gasteiger partial charge in [0.1, 0.15) is 5.54 Å². The molecule has 27 heavy (non-hydrogen) atoms. The second-order valence-corrected chi connectivity index (χ2v) is 7.14. The number of fused-ring (bicyclic) bond motifs is 4. The van der Waals surface area contributed by atoms with Crippen molar-refractivity contribution in [2.45, 2.75) is 24.4 Å². The molecule has 0 aliphatic carbocycles. The summed E-state index contributed by atoms with van der Waals surface area (Å²) in [6, 6.07) is 6.61. The number of nitrogens with one attached hydrogen (secondary N) is 2. The molecule has 8 nitrogen and oxygen atoms in total. The highest BCUT2D eigenvalue weighted by Crippen LogP contribution is 2.53. The summed E-state index contributed by atoms with van der Waals surface area (Å²) in [4.78, 5) is 51.6. The third-order valence-electron chi connectivity index (χ3n) is 5.73. The molecule has 140 valence electrons. The molecule has 4 N–H and O–H groups in total. The van der Waals surface area contributed by atoms with Gasteiger partial charge in [0.05, 0.1) is 11.8 Å². The number of hydrogen-bond acceptors (Lipinski definition) is 5. The summed E-state index contributed by atoms with van der Waals surface area (Å²) < 4.78 is 0. The number of nitrogens with zero attached hydrogens (tertiary/aromatic N) is 1. The van der Waals surface area contributed by atoms with Gasteiger partial charge in [-0.05, 0) is 12.5 Å². The van der Waals surface area contributed by atoms with Crippen LogP contribution in [0.15, 0.2) is 36.9 Å². The monoisotopic (exact) mass is 368 g/mol. The van der Waals surface area contributed by atoms with E-state index in [0.29, 0.717) is 11.3 Å². The Hall–Kier alpha value is -3.00. The van der Waals surface area contributed by atoms with Gasteiger partial charge in [-0.2, -0.15) is 0 Å². The Morgan fingerprint density at radius 3 is 2.70 bits per heavy atom. The van der Waals surface area contributed by atoms with Crippen molar-refractivity contribution in [2.75, 3.05) is 11.9 Å². The van der Waals surface area contributed by atoms with Gasteiger partial charge in [-0.15, -0.1) is 6.58 Å². The number of anilines is 1. The van der Waals surface area contributed by atoms with E-state index in [-0.39, 0.29) is 31.2 Å². The standard InChI is InChI=1S/C19H20N4O4/c1-2-9-23-16(25)14-12(7-8-13(20)24)22-19(15(14)17(23)26)10-5-3-4-6-11(10)21-18(19)27/h2-6,12,14-15,22H,1,7-9H2,(H2,20,24)(H,21,27)/t12-,14+,15+,19+/m0/s1. The topological polar surface area (TPSA) is 122 Å². The van der Waals surface area contributed by atoms with Crippen molar-refractivity contribution in [1.29, 1.82) is 0 Å². The van der Waals surface area contributed by atoms with Crippen molar-refractivity contribution >= 4 is 29.3 Å². The highest BCUT2D eigenvalue weighted by atomic mass is 16.2. The first-order valence-corrected chi connectivity index (χ1v) is 8.85. The number of rotatable bonds is 5. The number of carbonyl (C=O) groups excluding carboxylic acids is 4. The molecule has 8 heteroatoms. The average molecular weight is 368 g/mol. The van der Waals surface area contributed by atoms with Crippen LogP contribution in [0.2, 0.25) is 0 Å². The van der Waals surface area contributed by atoms with Crippen LogP contribution in [-0.2, 0) is 24.7 Å². The quantitative estimate of drug-likeness (QED) is 0.493. The number of hydrogen-bond donors (Lipinski definition) is 3. The van der Waals surface area contributed by atoms with Gasteiger partial charge in [0.25, 0.3) is 0 Å². The highest BCUT2D eigenvalue weighted by molar-refractivity contribution is 6.15. The van der Waals surface area contributed by atoms with Crippen molar-refractivity contribution in [1.82, 2.24) is 10.2 Å². The molecule has 3 aliphatic rings. The van der Waals surface area contributed by atoms with Crippen LogP contribution in [-0.4, -0.2) is 41.1 Å². The molecular weight excluding hydrogens is 348 g/mol. The number of imide groups is 1. The van der Waals surface area contributed by atoms with E-state index in [9.17, 15) is 19.2 Å². The predicted octanol–water partition coefficient (Wildman–Crippen LogP) is -0.141. The molecule has 0 aromatic heterocycles. The lowest BCUT2D eigenvalue weighted by Gasteiger charge is -2.29. The van der Waals surface area contributed by atoms with Crippen LogP contribution in [0.1, 0.15) is 18.4 Å². The summed E-state index contributed by atoms with van der Waals surface area (Å²) in [5.74, 6) is -3.20. The molecule has 0 saturated carbocycles. The Morgan fingerprint density at radius 2 is 2.00 bits per heavy atom. The van der Waals surface area contributed by atoms with E-state index in [2.05, 4.69) is 17.2 Å². The first-order valence-electron chi connectivity index (χ1n) is 8.85. The minimum atomic E-state index is -1.33. The zero-order valence-electron chi connectivity index (χ0n) is 14.6. The van der Waals surface area contributed by atoms with E-state index in [0.717, 1.165) is 4.90 Å². The van der Waals surface area contributed by atoms with Crippen LogP contribution in [0.25, 0.3) is 0 Å². The smallest absolute Gasteiger partial charge is 0.250 e. The molecule has 4 amide bonds. The second kappa shape index (κ2) is 6.02. The lowest BCUT2D eigenvalue weighted by molar-refractivity contribution is -0.142. The summed E-state index contributed by atoms with van der Waals surface area (Å²) in [6.07, 6.45) is 1.82.